The Morgan fingerprint density at radius 1 is 1.35 bits per heavy atom. The van der Waals surface area contributed by atoms with Crippen molar-refractivity contribution < 1.29 is 13.5 Å². The van der Waals surface area contributed by atoms with E-state index >= 15 is 0 Å². The summed E-state index contributed by atoms with van der Waals surface area (Å²) in [6.07, 6.45) is 5.84. The number of hydrogen-bond acceptors (Lipinski definition) is 3. The van der Waals surface area contributed by atoms with Gasteiger partial charge in [0.15, 0.2) is 9.84 Å². The molecule has 1 atom stereocenters. The second kappa shape index (κ2) is 5.53. The van der Waals surface area contributed by atoms with E-state index in [0.717, 1.165) is 31.3 Å². The molecule has 100 valence electrons. The third-order valence-corrected chi connectivity index (χ3v) is 5.91. The van der Waals surface area contributed by atoms with Gasteiger partial charge in [0.1, 0.15) is 0 Å². The van der Waals surface area contributed by atoms with Crippen molar-refractivity contribution in [2.45, 2.75) is 63.7 Å². The summed E-state index contributed by atoms with van der Waals surface area (Å²) in [6.45, 7) is 5.20. The minimum atomic E-state index is -3.05. The van der Waals surface area contributed by atoms with E-state index in [4.69, 9.17) is 0 Å². The molecule has 4 heteroatoms. The molecule has 1 aliphatic carbocycles. The van der Waals surface area contributed by atoms with Gasteiger partial charge in [0.2, 0.25) is 0 Å². The smallest absolute Gasteiger partial charge is 0.155 e. The van der Waals surface area contributed by atoms with Crippen molar-refractivity contribution >= 4 is 9.84 Å². The van der Waals surface area contributed by atoms with E-state index in [1.165, 1.54) is 0 Å². The van der Waals surface area contributed by atoms with Gasteiger partial charge in [-0.05, 0) is 46.5 Å². The number of hydrogen-bond donors (Lipinski definition) is 1. The van der Waals surface area contributed by atoms with Gasteiger partial charge in [-0.2, -0.15) is 0 Å². The maximum absolute atomic E-state index is 12.0. The Morgan fingerprint density at radius 2 is 2.00 bits per heavy atom. The summed E-state index contributed by atoms with van der Waals surface area (Å²) in [5.74, 6) is 0.190. The van der Waals surface area contributed by atoms with Crippen LogP contribution in [0.25, 0.3) is 0 Å². The SMILES string of the molecule is CC(C)(C)S(=O)(=O)CCC1=CC(O)CCCC1. The first-order valence-electron chi connectivity index (χ1n) is 6.32. The first-order valence-corrected chi connectivity index (χ1v) is 7.97. The van der Waals surface area contributed by atoms with Gasteiger partial charge in [0.05, 0.1) is 16.6 Å². The zero-order valence-corrected chi connectivity index (χ0v) is 11.9. The predicted molar refractivity (Wildman–Crippen MR) is 70.7 cm³/mol. The molecule has 0 saturated heterocycles. The van der Waals surface area contributed by atoms with E-state index in [9.17, 15) is 13.5 Å². The number of sulfone groups is 1. The summed E-state index contributed by atoms with van der Waals surface area (Å²) in [4.78, 5) is 0. The van der Waals surface area contributed by atoms with Crippen LogP contribution in [0.15, 0.2) is 11.6 Å². The van der Waals surface area contributed by atoms with Gasteiger partial charge in [-0.3, -0.25) is 0 Å². The highest BCUT2D eigenvalue weighted by molar-refractivity contribution is 7.92. The normalized spacial score (nSPS) is 23.1. The highest BCUT2D eigenvalue weighted by Gasteiger charge is 2.28. The Bertz CT molecular complexity index is 374. The molecule has 0 aromatic rings. The van der Waals surface area contributed by atoms with Crippen molar-refractivity contribution in [2.24, 2.45) is 0 Å². The molecule has 0 amide bonds. The summed E-state index contributed by atoms with van der Waals surface area (Å²) in [7, 11) is -3.05. The van der Waals surface area contributed by atoms with Gasteiger partial charge in [-0.25, -0.2) is 8.42 Å². The Morgan fingerprint density at radius 3 is 2.59 bits per heavy atom. The Kier molecular flexibility index (Phi) is 4.78. The molecule has 0 bridgehead atoms. The van der Waals surface area contributed by atoms with E-state index in [-0.39, 0.29) is 11.9 Å². The second-order valence-electron chi connectivity index (χ2n) is 5.82. The predicted octanol–water partition coefficient (Wildman–Crippen LogP) is 2.45. The van der Waals surface area contributed by atoms with Gasteiger partial charge in [0.25, 0.3) is 0 Å². The van der Waals surface area contributed by atoms with E-state index in [2.05, 4.69) is 0 Å². The topological polar surface area (TPSA) is 54.4 Å². The third kappa shape index (κ3) is 4.43. The van der Waals surface area contributed by atoms with Crippen LogP contribution in [-0.4, -0.2) is 30.1 Å². The van der Waals surface area contributed by atoms with E-state index in [1.54, 1.807) is 20.8 Å². The molecule has 0 fully saturated rings. The monoisotopic (exact) mass is 260 g/mol. The molecule has 0 aromatic heterocycles. The maximum atomic E-state index is 12.0. The number of rotatable bonds is 3. The summed E-state index contributed by atoms with van der Waals surface area (Å²) < 4.78 is 23.3. The van der Waals surface area contributed by atoms with Gasteiger partial charge in [-0.1, -0.05) is 18.1 Å². The van der Waals surface area contributed by atoms with Crippen LogP contribution in [0.3, 0.4) is 0 Å². The summed E-state index contributed by atoms with van der Waals surface area (Å²) in [6, 6.07) is 0. The third-order valence-electron chi connectivity index (χ3n) is 3.30. The van der Waals surface area contributed by atoms with Crippen LogP contribution in [0.1, 0.15) is 52.9 Å². The Labute approximate surface area is 105 Å². The van der Waals surface area contributed by atoms with Crippen LogP contribution in [0.2, 0.25) is 0 Å². The Hall–Kier alpha value is -0.350. The second-order valence-corrected chi connectivity index (χ2v) is 8.68. The zero-order valence-electron chi connectivity index (χ0n) is 11.1. The first-order chi connectivity index (χ1) is 7.72. The van der Waals surface area contributed by atoms with Crippen molar-refractivity contribution in [3.63, 3.8) is 0 Å². The lowest BCUT2D eigenvalue weighted by Crippen LogP contribution is -2.30. The van der Waals surface area contributed by atoms with E-state index in [0.29, 0.717) is 6.42 Å². The molecule has 17 heavy (non-hydrogen) atoms. The molecule has 0 saturated carbocycles. The van der Waals surface area contributed by atoms with Crippen LogP contribution in [0.5, 0.6) is 0 Å². The molecule has 3 nitrogen and oxygen atoms in total. The van der Waals surface area contributed by atoms with Gasteiger partial charge >= 0.3 is 0 Å². The number of aliphatic hydroxyl groups excluding tert-OH is 1. The fourth-order valence-corrected chi connectivity index (χ4v) is 3.07. The average Bonchev–Trinajstić information content (AvgIpc) is 2.38. The van der Waals surface area contributed by atoms with Crippen LogP contribution in [0.4, 0.5) is 0 Å². The van der Waals surface area contributed by atoms with Gasteiger partial charge in [0, 0.05) is 0 Å². The van der Waals surface area contributed by atoms with Crippen LogP contribution in [-0.2, 0) is 9.84 Å². The van der Waals surface area contributed by atoms with E-state index in [1.807, 2.05) is 6.08 Å². The lowest BCUT2D eigenvalue weighted by Gasteiger charge is -2.19. The molecule has 0 heterocycles. The van der Waals surface area contributed by atoms with Crippen molar-refractivity contribution in [3.8, 4) is 0 Å². The minimum Gasteiger partial charge on any atom is -0.389 e. The van der Waals surface area contributed by atoms with Crippen LogP contribution >= 0.6 is 0 Å². The minimum absolute atomic E-state index is 0.190. The van der Waals surface area contributed by atoms with E-state index < -0.39 is 14.6 Å². The lowest BCUT2D eigenvalue weighted by atomic mass is 10.1. The summed E-state index contributed by atoms with van der Waals surface area (Å²) in [5.41, 5.74) is 1.10. The fraction of sp³-hybridized carbons (Fsp3) is 0.846. The van der Waals surface area contributed by atoms with Crippen LogP contribution in [0, 0.1) is 0 Å². The number of allylic oxidation sites excluding steroid dienone is 1. The molecule has 0 spiro atoms. The van der Waals surface area contributed by atoms with Crippen molar-refractivity contribution in [3.05, 3.63) is 11.6 Å². The van der Waals surface area contributed by atoms with Gasteiger partial charge in [-0.15, -0.1) is 0 Å². The van der Waals surface area contributed by atoms with Crippen molar-refractivity contribution in [1.82, 2.24) is 0 Å². The fourth-order valence-electron chi connectivity index (χ4n) is 1.92. The standard InChI is InChI=1S/C13H24O3S/c1-13(2,3)17(15,16)9-8-11-6-4-5-7-12(14)10-11/h10,12,14H,4-9H2,1-3H3. The highest BCUT2D eigenvalue weighted by atomic mass is 32.2. The van der Waals surface area contributed by atoms with Crippen LogP contribution < -0.4 is 0 Å². The number of aliphatic hydroxyl groups is 1. The molecular formula is C13H24O3S. The molecule has 0 aromatic carbocycles. The summed E-state index contributed by atoms with van der Waals surface area (Å²) in [5, 5.41) is 9.62. The lowest BCUT2D eigenvalue weighted by molar-refractivity contribution is 0.211. The first kappa shape index (κ1) is 14.7. The molecular weight excluding hydrogens is 236 g/mol. The molecule has 0 aliphatic heterocycles. The molecule has 1 rings (SSSR count). The molecule has 0 radical (unpaired) electrons. The summed E-state index contributed by atoms with van der Waals surface area (Å²) >= 11 is 0. The Balaban J connectivity index is 2.62. The zero-order chi connectivity index (χ0) is 13.1. The molecule has 1 unspecified atom stereocenters. The maximum Gasteiger partial charge on any atom is 0.155 e. The molecule has 1 N–H and O–H groups in total. The highest BCUT2D eigenvalue weighted by Crippen LogP contribution is 2.23. The molecule has 1 aliphatic rings. The average molecular weight is 260 g/mol. The van der Waals surface area contributed by atoms with Crippen molar-refractivity contribution in [2.75, 3.05) is 5.75 Å². The quantitative estimate of drug-likeness (QED) is 0.793. The van der Waals surface area contributed by atoms with Crippen molar-refractivity contribution in [1.29, 1.82) is 0 Å². The largest absolute Gasteiger partial charge is 0.389 e. The van der Waals surface area contributed by atoms with Gasteiger partial charge < -0.3 is 5.11 Å².